The van der Waals surface area contributed by atoms with Crippen molar-refractivity contribution in [2.24, 2.45) is 7.05 Å². The smallest absolute Gasteiger partial charge is 0.335 e. The van der Waals surface area contributed by atoms with Crippen LogP contribution in [0.5, 0.6) is 0 Å². The van der Waals surface area contributed by atoms with E-state index in [2.05, 4.69) is 10.1 Å². The van der Waals surface area contributed by atoms with Gasteiger partial charge in [-0.2, -0.15) is 5.10 Å². The van der Waals surface area contributed by atoms with Gasteiger partial charge in [0.1, 0.15) is 0 Å². The molecule has 1 heterocycles. The van der Waals surface area contributed by atoms with Crippen molar-refractivity contribution in [2.45, 2.75) is 38.0 Å². The maximum atomic E-state index is 11.1. The molecule has 1 aromatic heterocycles. The third kappa shape index (κ3) is 2.82. The Hall–Kier alpha value is -2.17. The zero-order chi connectivity index (χ0) is 14.8. The van der Waals surface area contributed by atoms with Crippen LogP contribution >= 0.6 is 0 Å². The zero-order valence-electron chi connectivity index (χ0n) is 12.1. The molecule has 5 nitrogen and oxygen atoms in total. The van der Waals surface area contributed by atoms with Gasteiger partial charge in [-0.05, 0) is 25.0 Å². The Balaban J connectivity index is 1.93. The van der Waals surface area contributed by atoms with Crippen molar-refractivity contribution in [1.29, 1.82) is 0 Å². The number of aryl methyl sites for hydroxylation is 1. The predicted octanol–water partition coefficient (Wildman–Crippen LogP) is 3.23. The van der Waals surface area contributed by atoms with Crippen molar-refractivity contribution in [3.05, 3.63) is 35.7 Å². The summed E-state index contributed by atoms with van der Waals surface area (Å²) in [6.07, 6.45) is 6.09. The molecule has 1 aromatic carbocycles. The molecule has 21 heavy (non-hydrogen) atoms. The molecule has 0 saturated heterocycles. The van der Waals surface area contributed by atoms with E-state index in [1.807, 2.05) is 13.1 Å². The monoisotopic (exact) mass is 285 g/mol. The number of aromatic nitrogens is 3. The molecular formula is C16H19N3O2. The summed E-state index contributed by atoms with van der Waals surface area (Å²) in [5, 5.41) is 13.6. The van der Waals surface area contributed by atoms with Crippen LogP contribution in [0.25, 0.3) is 11.4 Å². The zero-order valence-corrected chi connectivity index (χ0v) is 12.1. The minimum Gasteiger partial charge on any atom is -0.478 e. The number of carboxylic acid groups (broad SMARTS) is 1. The van der Waals surface area contributed by atoms with E-state index in [1.54, 1.807) is 22.9 Å². The third-order valence-electron chi connectivity index (χ3n) is 4.12. The number of rotatable bonds is 3. The van der Waals surface area contributed by atoms with Crippen LogP contribution in [-0.4, -0.2) is 25.8 Å². The summed E-state index contributed by atoms with van der Waals surface area (Å²) < 4.78 is 1.75. The SMILES string of the molecule is Cn1nc(C2CCCCC2)nc1-c1cccc(C(=O)O)c1. The van der Waals surface area contributed by atoms with E-state index in [0.717, 1.165) is 30.1 Å². The molecule has 1 saturated carbocycles. The van der Waals surface area contributed by atoms with E-state index in [1.165, 1.54) is 19.3 Å². The summed E-state index contributed by atoms with van der Waals surface area (Å²) in [6, 6.07) is 6.86. The molecule has 2 aromatic rings. The Labute approximate surface area is 123 Å². The molecule has 110 valence electrons. The molecule has 5 heteroatoms. The number of carboxylic acids is 1. The van der Waals surface area contributed by atoms with Crippen molar-refractivity contribution in [3.8, 4) is 11.4 Å². The Morgan fingerprint density at radius 1 is 1.29 bits per heavy atom. The predicted molar refractivity (Wildman–Crippen MR) is 79.2 cm³/mol. The number of hydrogen-bond acceptors (Lipinski definition) is 3. The molecule has 0 atom stereocenters. The van der Waals surface area contributed by atoms with Crippen LogP contribution in [0.3, 0.4) is 0 Å². The van der Waals surface area contributed by atoms with Crippen molar-refractivity contribution in [1.82, 2.24) is 14.8 Å². The van der Waals surface area contributed by atoms with Gasteiger partial charge in [0.2, 0.25) is 0 Å². The Bertz CT molecular complexity index is 657. The molecule has 3 rings (SSSR count). The average Bonchev–Trinajstić information content (AvgIpc) is 2.90. The largest absolute Gasteiger partial charge is 0.478 e. The third-order valence-corrected chi connectivity index (χ3v) is 4.12. The molecular weight excluding hydrogens is 266 g/mol. The van der Waals surface area contributed by atoms with Crippen molar-refractivity contribution < 1.29 is 9.90 Å². The molecule has 0 unspecified atom stereocenters. The second-order valence-corrected chi connectivity index (χ2v) is 5.64. The lowest BCUT2D eigenvalue weighted by Gasteiger charge is -2.18. The summed E-state index contributed by atoms with van der Waals surface area (Å²) in [7, 11) is 1.86. The van der Waals surface area contributed by atoms with Gasteiger partial charge in [0.05, 0.1) is 5.56 Å². The normalized spacial score (nSPS) is 16.0. The van der Waals surface area contributed by atoms with Crippen molar-refractivity contribution in [2.75, 3.05) is 0 Å². The first-order valence-electron chi connectivity index (χ1n) is 7.40. The van der Waals surface area contributed by atoms with Gasteiger partial charge >= 0.3 is 5.97 Å². The van der Waals surface area contributed by atoms with Gasteiger partial charge in [0.15, 0.2) is 11.6 Å². The van der Waals surface area contributed by atoms with Crippen LogP contribution in [0, 0.1) is 0 Å². The van der Waals surface area contributed by atoms with Gasteiger partial charge < -0.3 is 5.11 Å². The van der Waals surface area contributed by atoms with Gasteiger partial charge in [0.25, 0.3) is 0 Å². The summed E-state index contributed by atoms with van der Waals surface area (Å²) >= 11 is 0. The highest BCUT2D eigenvalue weighted by atomic mass is 16.4. The molecule has 1 fully saturated rings. The second-order valence-electron chi connectivity index (χ2n) is 5.64. The topological polar surface area (TPSA) is 68.0 Å². The summed E-state index contributed by atoms with van der Waals surface area (Å²) in [6.45, 7) is 0. The highest BCUT2D eigenvalue weighted by Gasteiger charge is 2.21. The number of aromatic carboxylic acids is 1. The lowest BCUT2D eigenvalue weighted by molar-refractivity contribution is 0.0697. The van der Waals surface area contributed by atoms with E-state index < -0.39 is 5.97 Å². The lowest BCUT2D eigenvalue weighted by atomic mass is 9.89. The van der Waals surface area contributed by atoms with E-state index in [4.69, 9.17) is 5.11 Å². The standard InChI is InChI=1S/C16H19N3O2/c1-19-15(12-8-5-9-13(10-12)16(20)21)17-14(18-19)11-6-3-2-4-7-11/h5,8-11H,2-4,6-7H2,1H3,(H,20,21). The van der Waals surface area contributed by atoms with Crippen LogP contribution in [0.4, 0.5) is 0 Å². The molecule has 0 spiro atoms. The molecule has 1 aliphatic carbocycles. The average molecular weight is 285 g/mol. The molecule has 0 radical (unpaired) electrons. The molecule has 0 aliphatic heterocycles. The van der Waals surface area contributed by atoms with E-state index in [9.17, 15) is 4.79 Å². The highest BCUT2D eigenvalue weighted by Crippen LogP contribution is 2.31. The fourth-order valence-electron chi connectivity index (χ4n) is 2.98. The molecule has 0 amide bonds. The number of nitrogens with zero attached hydrogens (tertiary/aromatic N) is 3. The van der Waals surface area contributed by atoms with Crippen LogP contribution in [0.15, 0.2) is 24.3 Å². The Morgan fingerprint density at radius 3 is 2.76 bits per heavy atom. The fourth-order valence-corrected chi connectivity index (χ4v) is 2.98. The maximum absolute atomic E-state index is 11.1. The van der Waals surface area contributed by atoms with E-state index in [0.29, 0.717) is 5.92 Å². The van der Waals surface area contributed by atoms with E-state index in [-0.39, 0.29) is 5.56 Å². The number of carbonyl (C=O) groups is 1. The van der Waals surface area contributed by atoms with Gasteiger partial charge in [-0.15, -0.1) is 0 Å². The summed E-state index contributed by atoms with van der Waals surface area (Å²) in [5.41, 5.74) is 1.07. The van der Waals surface area contributed by atoms with Gasteiger partial charge in [-0.1, -0.05) is 31.4 Å². The lowest BCUT2D eigenvalue weighted by Crippen LogP contribution is -2.06. The summed E-state index contributed by atoms with van der Waals surface area (Å²) in [5.74, 6) is 1.15. The molecule has 0 bridgehead atoms. The first-order valence-corrected chi connectivity index (χ1v) is 7.40. The molecule has 1 aliphatic rings. The first kappa shape index (κ1) is 13.8. The van der Waals surface area contributed by atoms with Crippen LogP contribution in [0.1, 0.15) is 54.2 Å². The highest BCUT2D eigenvalue weighted by molar-refractivity contribution is 5.89. The van der Waals surface area contributed by atoms with Crippen molar-refractivity contribution in [3.63, 3.8) is 0 Å². The Morgan fingerprint density at radius 2 is 2.05 bits per heavy atom. The van der Waals surface area contributed by atoms with Crippen LogP contribution < -0.4 is 0 Å². The maximum Gasteiger partial charge on any atom is 0.335 e. The number of benzene rings is 1. The van der Waals surface area contributed by atoms with E-state index >= 15 is 0 Å². The summed E-state index contributed by atoms with van der Waals surface area (Å²) in [4.78, 5) is 15.7. The van der Waals surface area contributed by atoms with Gasteiger partial charge in [-0.25, -0.2) is 14.5 Å². The van der Waals surface area contributed by atoms with Gasteiger partial charge in [-0.3, -0.25) is 0 Å². The van der Waals surface area contributed by atoms with Crippen molar-refractivity contribution >= 4 is 5.97 Å². The fraction of sp³-hybridized carbons (Fsp3) is 0.438. The number of hydrogen-bond donors (Lipinski definition) is 1. The Kier molecular flexibility index (Phi) is 3.73. The second kappa shape index (κ2) is 5.68. The minimum atomic E-state index is -0.925. The molecule has 1 N–H and O–H groups in total. The minimum absolute atomic E-state index is 0.273. The first-order chi connectivity index (χ1) is 10.1. The van der Waals surface area contributed by atoms with Crippen LogP contribution in [0.2, 0.25) is 0 Å². The van der Waals surface area contributed by atoms with Gasteiger partial charge in [0, 0.05) is 18.5 Å². The quantitative estimate of drug-likeness (QED) is 0.940. The van der Waals surface area contributed by atoms with Crippen LogP contribution in [-0.2, 0) is 7.05 Å².